The van der Waals surface area contributed by atoms with Crippen LogP contribution in [-0.4, -0.2) is 46.0 Å². The van der Waals surface area contributed by atoms with Gasteiger partial charge >= 0.3 is 0 Å². The highest BCUT2D eigenvalue weighted by Gasteiger charge is 2.21. The molecule has 0 unspecified atom stereocenters. The molecule has 0 bridgehead atoms. The van der Waals surface area contributed by atoms with Gasteiger partial charge in [-0.1, -0.05) is 0 Å². The maximum atomic E-state index is 4.65. The van der Waals surface area contributed by atoms with Gasteiger partial charge in [-0.25, -0.2) is 15.0 Å². The third-order valence-electron chi connectivity index (χ3n) is 4.41. The molecule has 0 N–H and O–H groups in total. The fraction of sp³-hybridized carbons (Fsp3) is 0.562. The quantitative estimate of drug-likeness (QED) is 0.870. The molecule has 0 saturated carbocycles. The SMILES string of the molecule is Cc1nc(CN2CCN(c3ncnc(C)c3C)CC2)sc1C. The molecule has 0 aromatic carbocycles. The van der Waals surface area contributed by atoms with E-state index in [1.165, 1.54) is 21.1 Å². The van der Waals surface area contributed by atoms with Crippen LogP contribution in [0.1, 0.15) is 26.8 Å². The second-order valence-corrected chi connectivity index (χ2v) is 7.21. The lowest BCUT2D eigenvalue weighted by atomic mass is 10.2. The third-order valence-corrected chi connectivity index (χ3v) is 5.47. The van der Waals surface area contributed by atoms with Crippen molar-refractivity contribution < 1.29 is 0 Å². The van der Waals surface area contributed by atoms with Crippen molar-refractivity contribution in [2.24, 2.45) is 0 Å². The van der Waals surface area contributed by atoms with Crippen LogP contribution >= 0.6 is 11.3 Å². The summed E-state index contributed by atoms with van der Waals surface area (Å²) in [6.07, 6.45) is 1.67. The Morgan fingerprint density at radius 3 is 2.36 bits per heavy atom. The molecule has 2 aromatic rings. The second-order valence-electron chi connectivity index (χ2n) is 5.92. The van der Waals surface area contributed by atoms with Crippen molar-refractivity contribution in [3.8, 4) is 0 Å². The minimum Gasteiger partial charge on any atom is -0.354 e. The van der Waals surface area contributed by atoms with Gasteiger partial charge in [-0.3, -0.25) is 4.90 Å². The number of rotatable bonds is 3. The normalized spacial score (nSPS) is 16.3. The first-order valence-corrected chi connectivity index (χ1v) is 8.54. The highest BCUT2D eigenvalue weighted by atomic mass is 32.1. The van der Waals surface area contributed by atoms with Crippen LogP contribution < -0.4 is 4.90 Å². The summed E-state index contributed by atoms with van der Waals surface area (Å²) in [4.78, 5) is 19.6. The Labute approximate surface area is 136 Å². The Bertz CT molecular complexity index is 639. The van der Waals surface area contributed by atoms with E-state index in [4.69, 9.17) is 0 Å². The molecule has 0 amide bonds. The third kappa shape index (κ3) is 3.13. The van der Waals surface area contributed by atoms with Crippen LogP contribution in [0.2, 0.25) is 0 Å². The first-order chi connectivity index (χ1) is 10.5. The number of piperazine rings is 1. The molecule has 1 aliphatic heterocycles. The zero-order valence-corrected chi connectivity index (χ0v) is 14.6. The van der Waals surface area contributed by atoms with Crippen molar-refractivity contribution in [1.29, 1.82) is 0 Å². The summed E-state index contributed by atoms with van der Waals surface area (Å²) in [7, 11) is 0. The van der Waals surface area contributed by atoms with Gasteiger partial charge in [0.15, 0.2) is 0 Å². The zero-order chi connectivity index (χ0) is 15.7. The Kier molecular flexibility index (Phi) is 4.40. The number of thiazole rings is 1. The van der Waals surface area contributed by atoms with E-state index < -0.39 is 0 Å². The summed E-state index contributed by atoms with van der Waals surface area (Å²) in [5.41, 5.74) is 3.44. The summed E-state index contributed by atoms with van der Waals surface area (Å²) < 4.78 is 0. The number of hydrogen-bond acceptors (Lipinski definition) is 6. The molecule has 118 valence electrons. The number of aromatic nitrogens is 3. The molecule has 2 aromatic heterocycles. The Morgan fingerprint density at radius 2 is 1.73 bits per heavy atom. The highest BCUT2D eigenvalue weighted by Crippen LogP contribution is 2.22. The lowest BCUT2D eigenvalue weighted by molar-refractivity contribution is 0.249. The van der Waals surface area contributed by atoms with E-state index >= 15 is 0 Å². The first kappa shape index (κ1) is 15.4. The minimum atomic E-state index is 0.967. The summed E-state index contributed by atoms with van der Waals surface area (Å²) in [6, 6.07) is 0. The Balaban J connectivity index is 1.61. The number of anilines is 1. The van der Waals surface area contributed by atoms with Crippen molar-refractivity contribution in [2.75, 3.05) is 31.1 Å². The van der Waals surface area contributed by atoms with Crippen LogP contribution in [0.25, 0.3) is 0 Å². The fourth-order valence-corrected chi connectivity index (χ4v) is 3.74. The Hall–Kier alpha value is -1.53. The van der Waals surface area contributed by atoms with Gasteiger partial charge in [-0.2, -0.15) is 0 Å². The molecule has 5 nitrogen and oxygen atoms in total. The molecule has 0 radical (unpaired) electrons. The smallest absolute Gasteiger partial charge is 0.135 e. The van der Waals surface area contributed by atoms with Crippen molar-refractivity contribution in [3.63, 3.8) is 0 Å². The number of hydrogen-bond donors (Lipinski definition) is 0. The predicted molar refractivity (Wildman–Crippen MR) is 90.6 cm³/mol. The van der Waals surface area contributed by atoms with Crippen LogP contribution in [0, 0.1) is 27.7 Å². The van der Waals surface area contributed by atoms with Gasteiger partial charge in [0.1, 0.15) is 17.2 Å². The lowest BCUT2D eigenvalue weighted by Gasteiger charge is -2.35. The zero-order valence-electron chi connectivity index (χ0n) is 13.8. The molecule has 1 saturated heterocycles. The summed E-state index contributed by atoms with van der Waals surface area (Å²) >= 11 is 1.82. The second kappa shape index (κ2) is 6.30. The minimum absolute atomic E-state index is 0.967. The number of aryl methyl sites for hydroxylation is 3. The van der Waals surface area contributed by atoms with Gasteiger partial charge in [0.25, 0.3) is 0 Å². The van der Waals surface area contributed by atoms with Crippen molar-refractivity contribution in [2.45, 2.75) is 34.2 Å². The molecule has 1 fully saturated rings. The van der Waals surface area contributed by atoms with Crippen LogP contribution in [0.3, 0.4) is 0 Å². The van der Waals surface area contributed by atoms with E-state index in [0.29, 0.717) is 0 Å². The van der Waals surface area contributed by atoms with Crippen LogP contribution in [0.5, 0.6) is 0 Å². The van der Waals surface area contributed by atoms with E-state index in [2.05, 4.69) is 45.5 Å². The predicted octanol–water partition coefficient (Wildman–Crippen LogP) is 2.49. The average Bonchev–Trinajstić information content (AvgIpc) is 2.81. The van der Waals surface area contributed by atoms with Gasteiger partial charge < -0.3 is 4.90 Å². The summed E-state index contributed by atoms with van der Waals surface area (Å²) in [5, 5.41) is 1.23. The molecule has 1 aliphatic rings. The van der Waals surface area contributed by atoms with Crippen LogP contribution in [-0.2, 0) is 6.54 Å². The molecule has 0 aliphatic carbocycles. The molecular weight excluding hydrogens is 294 g/mol. The maximum Gasteiger partial charge on any atom is 0.135 e. The molecule has 3 heterocycles. The lowest BCUT2D eigenvalue weighted by Crippen LogP contribution is -2.46. The summed E-state index contributed by atoms with van der Waals surface area (Å²) in [5.74, 6) is 1.09. The van der Waals surface area contributed by atoms with Gasteiger partial charge in [-0.15, -0.1) is 11.3 Å². The van der Waals surface area contributed by atoms with Crippen molar-refractivity contribution in [3.05, 3.63) is 33.2 Å². The average molecular weight is 317 g/mol. The topological polar surface area (TPSA) is 45.2 Å². The molecule has 22 heavy (non-hydrogen) atoms. The van der Waals surface area contributed by atoms with Crippen molar-refractivity contribution in [1.82, 2.24) is 19.9 Å². The van der Waals surface area contributed by atoms with E-state index in [-0.39, 0.29) is 0 Å². The molecule has 6 heteroatoms. The Morgan fingerprint density at radius 1 is 1.00 bits per heavy atom. The fourth-order valence-electron chi connectivity index (χ4n) is 2.76. The standard InChI is InChI=1S/C16H23N5S/c1-11-12(2)17-10-18-16(11)21-7-5-20(6-8-21)9-15-19-13(3)14(4)22-15/h10H,5-9H2,1-4H3. The number of nitrogens with zero attached hydrogens (tertiary/aromatic N) is 5. The highest BCUT2D eigenvalue weighted by molar-refractivity contribution is 7.11. The van der Waals surface area contributed by atoms with Gasteiger partial charge in [0.05, 0.1) is 12.2 Å². The monoisotopic (exact) mass is 317 g/mol. The van der Waals surface area contributed by atoms with E-state index in [9.17, 15) is 0 Å². The molecule has 3 rings (SSSR count). The van der Waals surface area contributed by atoms with Crippen molar-refractivity contribution >= 4 is 17.2 Å². The first-order valence-electron chi connectivity index (χ1n) is 7.73. The van der Waals surface area contributed by atoms with Crippen LogP contribution in [0.15, 0.2) is 6.33 Å². The van der Waals surface area contributed by atoms with Crippen LogP contribution in [0.4, 0.5) is 5.82 Å². The van der Waals surface area contributed by atoms with Gasteiger partial charge in [0, 0.05) is 42.3 Å². The van der Waals surface area contributed by atoms with E-state index in [0.717, 1.165) is 44.2 Å². The van der Waals surface area contributed by atoms with E-state index in [1.807, 2.05) is 18.3 Å². The largest absolute Gasteiger partial charge is 0.354 e. The molecule has 0 spiro atoms. The maximum absolute atomic E-state index is 4.65. The van der Waals surface area contributed by atoms with Gasteiger partial charge in [0.2, 0.25) is 0 Å². The summed E-state index contributed by atoms with van der Waals surface area (Å²) in [6.45, 7) is 13.5. The van der Waals surface area contributed by atoms with E-state index in [1.54, 1.807) is 6.33 Å². The molecular formula is C16H23N5S. The molecule has 0 atom stereocenters. The van der Waals surface area contributed by atoms with Gasteiger partial charge in [-0.05, 0) is 27.7 Å².